The van der Waals surface area contributed by atoms with Crippen LogP contribution < -0.4 is 10.2 Å². The smallest absolute Gasteiger partial charge is 0.223 e. The first-order valence-corrected chi connectivity index (χ1v) is 6.70. The van der Waals surface area contributed by atoms with Crippen molar-refractivity contribution in [2.45, 2.75) is 0 Å². The van der Waals surface area contributed by atoms with E-state index in [9.17, 15) is 4.79 Å². The van der Waals surface area contributed by atoms with Crippen LogP contribution in [0.4, 0.5) is 5.69 Å². The number of Topliss-reactive ketones (excluding diaryl/α,β-unsaturated/α-hetero) is 1. The molecule has 0 heterocycles. The number of ether oxygens (including phenoxy) is 1. The van der Waals surface area contributed by atoms with Crippen LogP contribution in [0.5, 0.6) is 5.75 Å². The lowest BCUT2D eigenvalue weighted by Gasteiger charge is -2.03. The molecule has 0 saturated heterocycles. The predicted molar refractivity (Wildman–Crippen MR) is 85.4 cm³/mol. The number of nitrogens with zero attached hydrogens (tertiary/aromatic N) is 2. The molecule has 0 atom stereocenters. The van der Waals surface area contributed by atoms with Crippen molar-refractivity contribution >= 4 is 28.8 Å². The summed E-state index contributed by atoms with van der Waals surface area (Å²) in [6.07, 6.45) is 0. The zero-order valence-corrected chi connectivity index (χ0v) is 12.5. The first-order valence-electron chi connectivity index (χ1n) is 6.32. The van der Waals surface area contributed by atoms with Crippen LogP contribution in [0.25, 0.3) is 0 Å². The molecule has 0 spiro atoms. The van der Waals surface area contributed by atoms with Crippen LogP contribution in [0.2, 0.25) is 5.02 Å². The molecule has 0 bridgehead atoms. The van der Waals surface area contributed by atoms with Gasteiger partial charge in [-0.1, -0.05) is 11.6 Å². The van der Waals surface area contributed by atoms with Gasteiger partial charge in [-0.3, -0.25) is 10.2 Å². The van der Waals surface area contributed by atoms with Gasteiger partial charge in [0.25, 0.3) is 0 Å². The highest BCUT2D eigenvalue weighted by atomic mass is 35.5. The van der Waals surface area contributed by atoms with Gasteiger partial charge >= 0.3 is 0 Å². The highest BCUT2D eigenvalue weighted by Crippen LogP contribution is 2.14. The van der Waals surface area contributed by atoms with E-state index in [2.05, 4.69) is 10.5 Å². The summed E-state index contributed by atoms with van der Waals surface area (Å²) in [4.78, 5) is 12.2. The Balaban J connectivity index is 2.15. The Morgan fingerprint density at radius 3 is 2.36 bits per heavy atom. The minimum atomic E-state index is -0.466. The molecular weight excluding hydrogens is 302 g/mol. The lowest BCUT2D eigenvalue weighted by molar-refractivity contribution is 0.106. The van der Waals surface area contributed by atoms with Crippen molar-refractivity contribution in [2.24, 2.45) is 5.10 Å². The SMILES string of the molecule is COc1ccc(C(=O)/C(C#N)=N\Nc2ccc(Cl)cc2)cc1. The van der Waals surface area contributed by atoms with Crippen molar-refractivity contribution < 1.29 is 9.53 Å². The van der Waals surface area contributed by atoms with Gasteiger partial charge in [0.15, 0.2) is 0 Å². The van der Waals surface area contributed by atoms with Gasteiger partial charge in [-0.2, -0.15) is 10.4 Å². The van der Waals surface area contributed by atoms with Gasteiger partial charge in [0, 0.05) is 10.6 Å². The number of hydrogen-bond acceptors (Lipinski definition) is 5. The number of hydrogen-bond donors (Lipinski definition) is 1. The van der Waals surface area contributed by atoms with Crippen LogP contribution in [-0.4, -0.2) is 18.6 Å². The molecule has 1 N–H and O–H groups in total. The molecule has 6 heteroatoms. The summed E-state index contributed by atoms with van der Waals surface area (Å²) in [6.45, 7) is 0. The number of nitrogens with one attached hydrogen (secondary N) is 1. The van der Waals surface area contributed by atoms with E-state index in [0.717, 1.165) is 0 Å². The van der Waals surface area contributed by atoms with Crippen molar-refractivity contribution in [1.82, 2.24) is 0 Å². The van der Waals surface area contributed by atoms with E-state index in [-0.39, 0.29) is 5.71 Å². The Morgan fingerprint density at radius 1 is 1.18 bits per heavy atom. The van der Waals surface area contributed by atoms with Gasteiger partial charge in [0.05, 0.1) is 12.8 Å². The first-order chi connectivity index (χ1) is 10.6. The van der Waals surface area contributed by atoms with Gasteiger partial charge in [0.2, 0.25) is 11.5 Å². The summed E-state index contributed by atoms with van der Waals surface area (Å²) >= 11 is 5.78. The van der Waals surface area contributed by atoms with E-state index in [0.29, 0.717) is 22.0 Å². The highest BCUT2D eigenvalue weighted by molar-refractivity contribution is 6.51. The molecule has 0 amide bonds. The topological polar surface area (TPSA) is 74.5 Å². The minimum Gasteiger partial charge on any atom is -0.497 e. The number of halogens is 1. The quantitative estimate of drug-likeness (QED) is 0.520. The fraction of sp³-hybridized carbons (Fsp3) is 0.0625. The summed E-state index contributed by atoms with van der Waals surface area (Å²) in [5, 5.41) is 13.5. The molecule has 2 rings (SSSR count). The van der Waals surface area contributed by atoms with E-state index in [4.69, 9.17) is 21.6 Å². The number of benzene rings is 2. The molecule has 0 aliphatic heterocycles. The van der Waals surface area contributed by atoms with Gasteiger partial charge in [0.1, 0.15) is 11.8 Å². The Hall–Kier alpha value is -2.84. The van der Waals surface area contributed by atoms with Crippen LogP contribution in [0, 0.1) is 11.3 Å². The third-order valence-corrected chi connectivity index (χ3v) is 3.07. The Bertz CT molecular complexity index is 731. The molecule has 0 fully saturated rings. The second-order valence-electron chi connectivity index (χ2n) is 4.25. The van der Waals surface area contributed by atoms with E-state index >= 15 is 0 Å². The molecule has 0 aliphatic carbocycles. The second-order valence-corrected chi connectivity index (χ2v) is 4.68. The maximum atomic E-state index is 12.2. The summed E-state index contributed by atoms with van der Waals surface area (Å²) in [6, 6.07) is 15.0. The Labute approximate surface area is 132 Å². The predicted octanol–water partition coefficient (Wildman–Crippen LogP) is 3.52. The van der Waals surface area contributed by atoms with E-state index in [1.165, 1.54) is 7.11 Å². The number of methoxy groups -OCH3 is 1. The van der Waals surface area contributed by atoms with Crippen LogP contribution in [-0.2, 0) is 0 Å². The first kappa shape index (κ1) is 15.5. The summed E-state index contributed by atoms with van der Waals surface area (Å²) in [7, 11) is 1.54. The van der Waals surface area contributed by atoms with Gasteiger partial charge in [-0.15, -0.1) is 0 Å². The molecule has 2 aromatic carbocycles. The average Bonchev–Trinajstić information content (AvgIpc) is 2.57. The number of rotatable bonds is 5. The normalized spacial score (nSPS) is 10.7. The third-order valence-electron chi connectivity index (χ3n) is 2.81. The van der Waals surface area contributed by atoms with E-state index in [1.807, 2.05) is 0 Å². The standard InChI is InChI=1S/C16H12ClN3O2/c1-22-14-8-2-11(3-9-14)16(21)15(10-18)20-19-13-6-4-12(17)5-7-13/h2-9,19H,1H3/b20-15-. The number of ketones is 1. The van der Waals surface area contributed by atoms with Crippen LogP contribution in [0.3, 0.4) is 0 Å². The molecule has 22 heavy (non-hydrogen) atoms. The summed E-state index contributed by atoms with van der Waals surface area (Å²) in [5.41, 5.74) is 3.41. The Morgan fingerprint density at radius 2 is 1.82 bits per heavy atom. The van der Waals surface area contributed by atoms with Gasteiger partial charge in [-0.25, -0.2) is 0 Å². The van der Waals surface area contributed by atoms with Crippen molar-refractivity contribution in [3.8, 4) is 11.8 Å². The molecule has 5 nitrogen and oxygen atoms in total. The average molecular weight is 314 g/mol. The van der Waals surface area contributed by atoms with Crippen molar-refractivity contribution in [3.63, 3.8) is 0 Å². The fourth-order valence-electron chi connectivity index (χ4n) is 1.65. The zero-order valence-electron chi connectivity index (χ0n) is 11.7. The molecule has 0 aromatic heterocycles. The maximum absolute atomic E-state index is 12.2. The molecule has 0 unspecified atom stereocenters. The summed E-state index contributed by atoms with van der Waals surface area (Å²) < 4.78 is 5.02. The van der Waals surface area contributed by atoms with E-state index < -0.39 is 5.78 Å². The van der Waals surface area contributed by atoms with Gasteiger partial charge in [-0.05, 0) is 48.5 Å². The van der Waals surface area contributed by atoms with Crippen LogP contribution in [0.15, 0.2) is 53.6 Å². The van der Waals surface area contributed by atoms with E-state index in [1.54, 1.807) is 54.6 Å². The number of hydrazone groups is 1. The fourth-order valence-corrected chi connectivity index (χ4v) is 1.78. The molecule has 0 saturated carbocycles. The van der Waals surface area contributed by atoms with Crippen molar-refractivity contribution in [2.75, 3.05) is 12.5 Å². The molecular formula is C16H12ClN3O2. The highest BCUT2D eigenvalue weighted by Gasteiger charge is 2.14. The van der Waals surface area contributed by atoms with Crippen molar-refractivity contribution in [1.29, 1.82) is 5.26 Å². The number of anilines is 1. The lowest BCUT2D eigenvalue weighted by atomic mass is 10.1. The second kappa shape index (κ2) is 7.25. The molecule has 110 valence electrons. The molecule has 0 radical (unpaired) electrons. The van der Waals surface area contributed by atoms with Crippen molar-refractivity contribution in [3.05, 3.63) is 59.1 Å². The number of carbonyl (C=O) groups is 1. The van der Waals surface area contributed by atoms with Crippen LogP contribution >= 0.6 is 11.6 Å². The molecule has 0 aliphatic rings. The monoisotopic (exact) mass is 313 g/mol. The Kier molecular flexibility index (Phi) is 5.12. The minimum absolute atomic E-state index is 0.236. The maximum Gasteiger partial charge on any atom is 0.223 e. The zero-order chi connectivity index (χ0) is 15.9. The summed E-state index contributed by atoms with van der Waals surface area (Å²) in [5.74, 6) is 0.165. The van der Waals surface area contributed by atoms with Gasteiger partial charge < -0.3 is 4.74 Å². The largest absolute Gasteiger partial charge is 0.497 e. The third kappa shape index (κ3) is 3.84. The number of nitriles is 1. The lowest BCUT2D eigenvalue weighted by Crippen LogP contribution is -2.14. The molecule has 2 aromatic rings. The van der Waals surface area contributed by atoms with Crippen LogP contribution in [0.1, 0.15) is 10.4 Å². The number of carbonyl (C=O) groups excluding carboxylic acids is 1.